The van der Waals surface area contributed by atoms with Crippen LogP contribution in [0.1, 0.15) is 20.8 Å². The molecule has 0 saturated heterocycles. The van der Waals surface area contributed by atoms with Crippen LogP contribution in [0.5, 0.6) is 0 Å². The van der Waals surface area contributed by atoms with E-state index in [0.29, 0.717) is 10.7 Å². The van der Waals surface area contributed by atoms with Gasteiger partial charge in [0.1, 0.15) is 0 Å². The van der Waals surface area contributed by atoms with Gasteiger partial charge in [-0.2, -0.15) is 5.01 Å². The lowest BCUT2D eigenvalue weighted by atomic mass is 10.3. The van der Waals surface area contributed by atoms with Crippen LogP contribution in [0.2, 0.25) is 0 Å². The Morgan fingerprint density at radius 3 is 2.12 bits per heavy atom. The first kappa shape index (κ1) is 20.1. The number of ether oxygens (including phenoxy) is 3. The molecule has 0 aromatic heterocycles. The Bertz CT molecular complexity index is 566. The Balaban J connectivity index is 3.09. The molecule has 1 aromatic rings. The number of esters is 1. The fourth-order valence-electron chi connectivity index (χ4n) is 1.81. The predicted molar refractivity (Wildman–Crippen MR) is 89.5 cm³/mol. The van der Waals surface area contributed by atoms with Crippen LogP contribution in [0.4, 0.5) is 15.3 Å². The number of nitrogens with one attached hydrogen (secondary N) is 2. The highest BCUT2D eigenvalue weighted by Crippen LogP contribution is 2.11. The number of benzene rings is 1. The lowest BCUT2D eigenvalue weighted by molar-refractivity contribution is -0.148. The van der Waals surface area contributed by atoms with E-state index in [1.165, 1.54) is 0 Å². The van der Waals surface area contributed by atoms with Crippen molar-refractivity contribution in [3.05, 3.63) is 30.3 Å². The minimum Gasteiger partial charge on any atom is -0.463 e. The van der Waals surface area contributed by atoms with Gasteiger partial charge in [0.25, 0.3) is 0 Å². The van der Waals surface area contributed by atoms with Gasteiger partial charge < -0.3 is 19.5 Å². The maximum absolute atomic E-state index is 12.3. The molecule has 0 saturated carbocycles. The topological polar surface area (TPSA) is 106 Å². The van der Waals surface area contributed by atoms with Crippen molar-refractivity contribution in [3.8, 4) is 0 Å². The molecule has 1 aromatic carbocycles. The summed E-state index contributed by atoms with van der Waals surface area (Å²) in [5.74, 6) is -0.767. The summed E-state index contributed by atoms with van der Waals surface area (Å²) in [5.41, 5.74) is 2.74. The van der Waals surface area contributed by atoms with Gasteiger partial charge in [0, 0.05) is 5.69 Å². The molecule has 9 nitrogen and oxygen atoms in total. The molecule has 1 unspecified atom stereocenters. The van der Waals surface area contributed by atoms with E-state index in [9.17, 15) is 14.4 Å². The molecule has 0 bridgehead atoms. The van der Waals surface area contributed by atoms with Gasteiger partial charge in [-0.15, -0.1) is 0 Å². The number of carbonyl (C=O) groups is 3. The minimum atomic E-state index is -1.34. The Labute approximate surface area is 146 Å². The zero-order valence-corrected chi connectivity index (χ0v) is 14.5. The normalized spacial score (nSPS) is 11.0. The molecule has 2 amide bonds. The summed E-state index contributed by atoms with van der Waals surface area (Å²) in [5, 5.41) is 3.53. The van der Waals surface area contributed by atoms with E-state index < -0.39 is 24.3 Å². The average Bonchev–Trinajstić information content (AvgIpc) is 2.59. The number of hydrogen-bond donors (Lipinski definition) is 2. The third-order valence-electron chi connectivity index (χ3n) is 2.80. The molecule has 2 N–H and O–H groups in total. The van der Waals surface area contributed by atoms with Gasteiger partial charge in [0.2, 0.25) is 6.17 Å². The fraction of sp³-hybridized carbons (Fsp3) is 0.438. The van der Waals surface area contributed by atoms with Gasteiger partial charge in [-0.25, -0.2) is 19.8 Å². The van der Waals surface area contributed by atoms with Crippen molar-refractivity contribution in [2.24, 2.45) is 0 Å². The van der Waals surface area contributed by atoms with Gasteiger partial charge in [-0.05, 0) is 32.9 Å². The summed E-state index contributed by atoms with van der Waals surface area (Å²) in [7, 11) is 0. The standard InChI is InChI=1S/C16H23N3O6/c1-4-23-14(20)13(17-12-10-8-7-9-11-12)19(16(22)25-6-3)18-15(21)24-5-2/h7-11,13,17H,4-6H2,1-3H3,(H,18,21). The van der Waals surface area contributed by atoms with E-state index in [-0.39, 0.29) is 19.8 Å². The van der Waals surface area contributed by atoms with Crippen molar-refractivity contribution in [3.63, 3.8) is 0 Å². The lowest BCUT2D eigenvalue weighted by Crippen LogP contribution is -2.58. The quantitative estimate of drug-likeness (QED) is 0.335. The summed E-state index contributed by atoms with van der Waals surface area (Å²) in [6.45, 7) is 5.09. The van der Waals surface area contributed by atoms with Crippen LogP contribution in [0, 0.1) is 0 Å². The third-order valence-corrected chi connectivity index (χ3v) is 2.80. The van der Waals surface area contributed by atoms with E-state index in [4.69, 9.17) is 14.2 Å². The number of hydrazine groups is 1. The van der Waals surface area contributed by atoms with Gasteiger partial charge in [-0.1, -0.05) is 18.2 Å². The average molecular weight is 353 g/mol. The fourth-order valence-corrected chi connectivity index (χ4v) is 1.81. The van der Waals surface area contributed by atoms with Crippen LogP contribution in [0.3, 0.4) is 0 Å². The number of para-hydroxylation sites is 1. The van der Waals surface area contributed by atoms with Crippen LogP contribution in [-0.4, -0.2) is 49.2 Å². The molecule has 25 heavy (non-hydrogen) atoms. The molecule has 0 heterocycles. The van der Waals surface area contributed by atoms with E-state index in [1.807, 2.05) is 0 Å². The van der Waals surface area contributed by atoms with Crippen molar-refractivity contribution in [1.82, 2.24) is 10.4 Å². The van der Waals surface area contributed by atoms with Crippen molar-refractivity contribution in [1.29, 1.82) is 0 Å². The summed E-state index contributed by atoms with van der Waals surface area (Å²) in [6, 6.07) is 8.68. The molecule has 0 aliphatic rings. The molecule has 9 heteroatoms. The Morgan fingerprint density at radius 1 is 0.960 bits per heavy atom. The third kappa shape index (κ3) is 6.58. The van der Waals surface area contributed by atoms with Crippen molar-refractivity contribution >= 4 is 23.8 Å². The first-order valence-electron chi connectivity index (χ1n) is 7.91. The highest BCUT2D eigenvalue weighted by molar-refractivity contribution is 5.85. The van der Waals surface area contributed by atoms with Crippen LogP contribution >= 0.6 is 0 Å². The summed E-state index contributed by atoms with van der Waals surface area (Å²) < 4.78 is 14.6. The van der Waals surface area contributed by atoms with Crippen LogP contribution < -0.4 is 10.7 Å². The van der Waals surface area contributed by atoms with Gasteiger partial charge >= 0.3 is 18.2 Å². The van der Waals surface area contributed by atoms with E-state index >= 15 is 0 Å². The molecule has 1 rings (SSSR count). The zero-order valence-electron chi connectivity index (χ0n) is 14.5. The molecular formula is C16H23N3O6. The summed E-state index contributed by atoms with van der Waals surface area (Å²) in [6.07, 6.45) is -3.18. The highest BCUT2D eigenvalue weighted by Gasteiger charge is 2.34. The van der Waals surface area contributed by atoms with Crippen molar-refractivity contribution < 1.29 is 28.6 Å². The van der Waals surface area contributed by atoms with Gasteiger partial charge in [0.15, 0.2) is 0 Å². The van der Waals surface area contributed by atoms with Crippen molar-refractivity contribution in [2.75, 3.05) is 25.1 Å². The SMILES string of the molecule is CCOC(=O)NN(C(=O)OCC)C(Nc1ccccc1)C(=O)OCC. The first-order chi connectivity index (χ1) is 12.0. The number of anilines is 1. The maximum atomic E-state index is 12.3. The van der Waals surface area contributed by atoms with E-state index in [0.717, 1.165) is 0 Å². The van der Waals surface area contributed by atoms with Crippen molar-refractivity contribution in [2.45, 2.75) is 26.9 Å². The second-order valence-electron chi connectivity index (χ2n) is 4.57. The molecule has 0 spiro atoms. The molecule has 0 aliphatic carbocycles. The second-order valence-corrected chi connectivity index (χ2v) is 4.57. The zero-order chi connectivity index (χ0) is 18.7. The number of hydrogen-bond acceptors (Lipinski definition) is 7. The molecule has 0 radical (unpaired) electrons. The molecule has 0 fully saturated rings. The Morgan fingerprint density at radius 2 is 1.56 bits per heavy atom. The number of carbonyl (C=O) groups excluding carboxylic acids is 3. The minimum absolute atomic E-state index is 0.0563. The maximum Gasteiger partial charge on any atom is 0.431 e. The lowest BCUT2D eigenvalue weighted by Gasteiger charge is -2.29. The smallest absolute Gasteiger partial charge is 0.431 e. The predicted octanol–water partition coefficient (Wildman–Crippen LogP) is 2.11. The largest absolute Gasteiger partial charge is 0.463 e. The summed E-state index contributed by atoms with van der Waals surface area (Å²) in [4.78, 5) is 36.3. The van der Waals surface area contributed by atoms with Gasteiger partial charge in [0.05, 0.1) is 19.8 Å². The monoisotopic (exact) mass is 353 g/mol. The molecule has 138 valence electrons. The summed E-state index contributed by atoms with van der Waals surface area (Å²) >= 11 is 0. The number of rotatable bonds is 7. The molecule has 0 aliphatic heterocycles. The van der Waals surface area contributed by atoms with Gasteiger partial charge in [-0.3, -0.25) is 0 Å². The van der Waals surface area contributed by atoms with E-state index in [2.05, 4.69) is 10.7 Å². The van der Waals surface area contributed by atoms with E-state index in [1.54, 1.807) is 51.1 Å². The number of amides is 2. The highest BCUT2D eigenvalue weighted by atomic mass is 16.6. The Kier molecular flexibility index (Phi) is 8.62. The number of nitrogens with zero attached hydrogens (tertiary/aromatic N) is 1. The molecular weight excluding hydrogens is 330 g/mol. The van der Waals surface area contributed by atoms with Crippen LogP contribution in [0.15, 0.2) is 30.3 Å². The Hall–Kier alpha value is -2.97. The second kappa shape index (κ2) is 10.7. The first-order valence-corrected chi connectivity index (χ1v) is 7.91. The van der Waals surface area contributed by atoms with Crippen LogP contribution in [-0.2, 0) is 19.0 Å². The van der Waals surface area contributed by atoms with Crippen LogP contribution in [0.25, 0.3) is 0 Å². The molecule has 1 atom stereocenters.